The lowest BCUT2D eigenvalue weighted by molar-refractivity contribution is -0.697. The fourth-order valence-corrected chi connectivity index (χ4v) is 2.90. The number of rotatable bonds is 7. The monoisotopic (exact) mass is 374 g/mol. The number of hydrogen-bond acceptors (Lipinski definition) is 5. The van der Waals surface area contributed by atoms with Gasteiger partial charge < -0.3 is 4.74 Å². The first-order valence-corrected chi connectivity index (χ1v) is 9.13. The Kier molecular flexibility index (Phi) is 5.33. The first-order valence-electron chi connectivity index (χ1n) is 9.13. The van der Waals surface area contributed by atoms with Gasteiger partial charge >= 0.3 is 5.97 Å². The molecule has 0 spiro atoms. The van der Waals surface area contributed by atoms with Crippen molar-refractivity contribution in [2.24, 2.45) is 0 Å². The molecule has 3 heterocycles. The van der Waals surface area contributed by atoms with Crippen molar-refractivity contribution >= 4 is 11.6 Å². The molecular weight excluding hydrogens is 354 g/mol. The highest BCUT2D eigenvalue weighted by Gasteiger charge is 2.08. The molecule has 0 fully saturated rings. The van der Waals surface area contributed by atoms with Crippen LogP contribution in [0.25, 0.3) is 16.8 Å². The van der Waals surface area contributed by atoms with Gasteiger partial charge in [0.25, 0.3) is 0 Å². The molecule has 0 amide bonds. The van der Waals surface area contributed by atoms with Gasteiger partial charge in [-0.25, -0.2) is 9.08 Å². The number of ether oxygens (including phenoxy) is 1. The van der Waals surface area contributed by atoms with Crippen LogP contribution in [0.5, 0.6) is 0 Å². The number of aryl methyl sites for hydroxylation is 1. The number of esters is 1. The predicted octanol–water partition coefficient (Wildman–Crippen LogP) is 2.60. The van der Waals surface area contributed by atoms with Gasteiger partial charge in [-0.3, -0.25) is 4.79 Å². The number of hydrogen-bond donors (Lipinski definition) is 0. The summed E-state index contributed by atoms with van der Waals surface area (Å²) in [4.78, 5) is 11.9. The number of aromatic nitrogens is 5. The second-order valence-corrected chi connectivity index (χ2v) is 6.45. The minimum Gasteiger partial charge on any atom is -0.461 e. The zero-order valence-electron chi connectivity index (χ0n) is 15.3. The van der Waals surface area contributed by atoms with E-state index in [4.69, 9.17) is 4.74 Å². The van der Waals surface area contributed by atoms with E-state index >= 15 is 0 Å². The van der Waals surface area contributed by atoms with Crippen LogP contribution < -0.4 is 4.57 Å². The fraction of sp³-hybridized carbons (Fsp3) is 0.190. The number of carbonyl (C=O) groups is 1. The number of nitrogens with zero attached hydrogens (tertiary/aromatic N) is 5. The number of benzene rings is 1. The molecule has 7 heteroatoms. The zero-order valence-corrected chi connectivity index (χ0v) is 15.3. The molecule has 7 nitrogen and oxygen atoms in total. The molecule has 140 valence electrons. The number of carbonyl (C=O) groups excluding carboxylic acids is 1. The van der Waals surface area contributed by atoms with Crippen molar-refractivity contribution in [3.8, 4) is 11.1 Å². The van der Waals surface area contributed by atoms with Crippen LogP contribution >= 0.6 is 0 Å². The number of pyridine rings is 1. The van der Waals surface area contributed by atoms with Crippen LogP contribution in [-0.4, -0.2) is 25.8 Å². The van der Waals surface area contributed by atoms with E-state index in [0.29, 0.717) is 18.7 Å². The van der Waals surface area contributed by atoms with Crippen molar-refractivity contribution in [1.82, 2.24) is 19.8 Å². The molecule has 0 aliphatic heterocycles. The van der Waals surface area contributed by atoms with Gasteiger partial charge in [0, 0.05) is 24.1 Å². The molecule has 3 aromatic heterocycles. The van der Waals surface area contributed by atoms with Gasteiger partial charge in [0.15, 0.2) is 18.0 Å². The van der Waals surface area contributed by atoms with Crippen molar-refractivity contribution in [2.75, 3.05) is 0 Å². The highest BCUT2D eigenvalue weighted by molar-refractivity contribution is 5.69. The third-order valence-corrected chi connectivity index (χ3v) is 4.43. The SMILES string of the molecule is O=C(CCC[n+]1ccc(-c2cnn3cnnc3c2)cc1)OCc1ccccc1. The van der Waals surface area contributed by atoms with Crippen LogP contribution in [0.15, 0.2) is 73.4 Å². The van der Waals surface area contributed by atoms with Crippen LogP contribution in [0.1, 0.15) is 18.4 Å². The zero-order chi connectivity index (χ0) is 19.2. The van der Waals surface area contributed by atoms with E-state index in [9.17, 15) is 4.79 Å². The summed E-state index contributed by atoms with van der Waals surface area (Å²) >= 11 is 0. The minimum atomic E-state index is -0.172. The van der Waals surface area contributed by atoms with E-state index in [2.05, 4.69) is 19.9 Å². The highest BCUT2D eigenvalue weighted by Crippen LogP contribution is 2.17. The largest absolute Gasteiger partial charge is 0.461 e. The molecule has 1 aromatic carbocycles. The quantitative estimate of drug-likeness (QED) is 0.367. The smallest absolute Gasteiger partial charge is 0.306 e. The van der Waals surface area contributed by atoms with E-state index in [1.54, 1.807) is 17.0 Å². The summed E-state index contributed by atoms with van der Waals surface area (Å²) < 4.78 is 8.98. The minimum absolute atomic E-state index is 0.172. The van der Waals surface area contributed by atoms with Gasteiger partial charge in [-0.2, -0.15) is 5.10 Å². The van der Waals surface area contributed by atoms with Crippen molar-refractivity contribution in [3.63, 3.8) is 0 Å². The first kappa shape index (κ1) is 17.8. The standard InChI is InChI=1S/C21H20N5O2/c27-21(28-15-17-5-2-1-3-6-17)7-4-10-25-11-8-18(9-12-25)19-13-20-24-22-16-26(20)23-14-19/h1-3,5-6,8-9,11-14,16H,4,7,10,15H2/q+1. The third-order valence-electron chi connectivity index (χ3n) is 4.43. The normalized spacial score (nSPS) is 10.9. The molecule has 28 heavy (non-hydrogen) atoms. The summed E-state index contributed by atoms with van der Waals surface area (Å²) in [6.45, 7) is 1.08. The van der Waals surface area contributed by atoms with Gasteiger partial charge in [0.1, 0.15) is 19.5 Å². The molecule has 0 radical (unpaired) electrons. The molecule has 0 aliphatic carbocycles. The van der Waals surface area contributed by atoms with E-state index < -0.39 is 0 Å². The Morgan fingerprint density at radius 1 is 1.07 bits per heavy atom. The van der Waals surface area contributed by atoms with Crippen LogP contribution in [0.2, 0.25) is 0 Å². The van der Waals surface area contributed by atoms with E-state index in [0.717, 1.165) is 29.7 Å². The molecule has 0 N–H and O–H groups in total. The Hall–Kier alpha value is -3.61. The van der Waals surface area contributed by atoms with Crippen LogP contribution in [0.4, 0.5) is 0 Å². The summed E-state index contributed by atoms with van der Waals surface area (Å²) in [6.07, 6.45) is 8.49. The van der Waals surface area contributed by atoms with Gasteiger partial charge in [0.05, 0.1) is 12.6 Å². The lowest BCUT2D eigenvalue weighted by Crippen LogP contribution is -2.32. The van der Waals surface area contributed by atoms with Crippen LogP contribution in [0, 0.1) is 0 Å². The topological polar surface area (TPSA) is 73.3 Å². The van der Waals surface area contributed by atoms with Crippen LogP contribution in [0.3, 0.4) is 0 Å². The maximum atomic E-state index is 11.9. The molecule has 0 aliphatic rings. The molecule has 0 saturated heterocycles. The molecule has 4 rings (SSSR count). The van der Waals surface area contributed by atoms with E-state index in [-0.39, 0.29) is 5.97 Å². The molecule has 0 atom stereocenters. The molecule has 0 bridgehead atoms. The second kappa shape index (κ2) is 8.39. The lowest BCUT2D eigenvalue weighted by Gasteiger charge is -2.04. The van der Waals surface area contributed by atoms with Crippen molar-refractivity contribution < 1.29 is 14.1 Å². The van der Waals surface area contributed by atoms with E-state index in [1.807, 2.05) is 60.9 Å². The molecular formula is C21H20N5O2+. The Morgan fingerprint density at radius 2 is 1.89 bits per heavy atom. The Balaban J connectivity index is 1.27. The third kappa shape index (κ3) is 4.37. The van der Waals surface area contributed by atoms with Gasteiger partial charge in [-0.1, -0.05) is 30.3 Å². The average molecular weight is 374 g/mol. The summed E-state index contributed by atoms with van der Waals surface area (Å²) in [6, 6.07) is 15.7. The summed E-state index contributed by atoms with van der Waals surface area (Å²) in [7, 11) is 0. The summed E-state index contributed by atoms with van der Waals surface area (Å²) in [5.74, 6) is -0.172. The van der Waals surface area contributed by atoms with Crippen molar-refractivity contribution in [2.45, 2.75) is 26.0 Å². The Morgan fingerprint density at radius 3 is 2.71 bits per heavy atom. The maximum absolute atomic E-state index is 11.9. The number of fused-ring (bicyclic) bond motifs is 1. The maximum Gasteiger partial charge on any atom is 0.306 e. The fourth-order valence-electron chi connectivity index (χ4n) is 2.90. The van der Waals surface area contributed by atoms with E-state index in [1.165, 1.54) is 0 Å². The molecule has 0 saturated carbocycles. The molecule has 0 unspecified atom stereocenters. The van der Waals surface area contributed by atoms with Crippen molar-refractivity contribution in [3.05, 3.63) is 79.0 Å². The van der Waals surface area contributed by atoms with Gasteiger partial charge in [0.2, 0.25) is 0 Å². The lowest BCUT2D eigenvalue weighted by atomic mass is 10.1. The summed E-state index contributed by atoms with van der Waals surface area (Å²) in [5.41, 5.74) is 3.75. The second-order valence-electron chi connectivity index (χ2n) is 6.45. The average Bonchev–Trinajstić information content (AvgIpc) is 3.21. The van der Waals surface area contributed by atoms with Crippen molar-refractivity contribution in [1.29, 1.82) is 0 Å². The van der Waals surface area contributed by atoms with Gasteiger partial charge in [-0.15, -0.1) is 10.2 Å². The Bertz CT molecular complexity index is 1060. The highest BCUT2D eigenvalue weighted by atomic mass is 16.5. The predicted molar refractivity (Wildman–Crippen MR) is 102 cm³/mol. The van der Waals surface area contributed by atoms with Crippen LogP contribution in [-0.2, 0) is 22.7 Å². The molecule has 4 aromatic rings. The summed E-state index contributed by atoms with van der Waals surface area (Å²) in [5, 5.41) is 12.1. The van der Waals surface area contributed by atoms with Gasteiger partial charge in [-0.05, 0) is 17.2 Å². The first-order chi connectivity index (χ1) is 13.8. The Labute approximate surface area is 162 Å².